The van der Waals surface area contributed by atoms with Crippen LogP contribution in [0.5, 0.6) is 17.2 Å². The highest BCUT2D eigenvalue weighted by Gasteiger charge is 2.30. The predicted molar refractivity (Wildman–Crippen MR) is 130 cm³/mol. The molecule has 0 unspecified atom stereocenters. The Morgan fingerprint density at radius 2 is 1.59 bits per heavy atom. The highest BCUT2D eigenvalue weighted by atomic mass is 35.5. The van der Waals surface area contributed by atoms with Crippen LogP contribution in [0.1, 0.15) is 5.56 Å². The molecule has 0 aliphatic carbocycles. The number of hydrogen-bond donors (Lipinski definition) is 1. The topological polar surface area (TPSA) is 94.2 Å². The highest BCUT2D eigenvalue weighted by molar-refractivity contribution is 7.89. The van der Waals surface area contributed by atoms with E-state index in [0.717, 1.165) is 4.31 Å². The van der Waals surface area contributed by atoms with Crippen LogP contribution in [0.25, 0.3) is 0 Å². The van der Waals surface area contributed by atoms with Crippen LogP contribution in [0.4, 0.5) is 5.69 Å². The van der Waals surface area contributed by atoms with E-state index in [4.69, 9.17) is 25.8 Å². The van der Waals surface area contributed by atoms with Gasteiger partial charge in [-0.25, -0.2) is 8.42 Å². The normalized spacial score (nSPS) is 11.2. The third kappa shape index (κ3) is 5.99. The zero-order chi connectivity index (χ0) is 24.7. The van der Waals surface area contributed by atoms with E-state index in [1.165, 1.54) is 39.5 Å². The van der Waals surface area contributed by atoms with Gasteiger partial charge in [-0.15, -0.1) is 0 Å². The van der Waals surface area contributed by atoms with Gasteiger partial charge in [0.15, 0.2) is 0 Å². The summed E-state index contributed by atoms with van der Waals surface area (Å²) in [6.07, 6.45) is 0. The summed E-state index contributed by atoms with van der Waals surface area (Å²) < 4.78 is 44.2. The van der Waals surface area contributed by atoms with E-state index in [-0.39, 0.29) is 17.2 Å². The van der Waals surface area contributed by atoms with Gasteiger partial charge < -0.3 is 19.5 Å². The van der Waals surface area contributed by atoms with Crippen molar-refractivity contribution in [3.05, 3.63) is 77.3 Å². The number of rotatable bonds is 10. The second-order valence-electron chi connectivity index (χ2n) is 7.17. The van der Waals surface area contributed by atoms with Crippen molar-refractivity contribution in [2.75, 3.05) is 33.2 Å². The lowest BCUT2D eigenvalue weighted by Crippen LogP contribution is -2.37. The molecule has 10 heteroatoms. The molecule has 8 nitrogen and oxygen atoms in total. The van der Waals surface area contributed by atoms with E-state index >= 15 is 0 Å². The molecule has 180 valence electrons. The Morgan fingerprint density at radius 1 is 0.912 bits per heavy atom. The van der Waals surface area contributed by atoms with Gasteiger partial charge in [0.05, 0.1) is 33.6 Å². The molecule has 0 aromatic heterocycles. The number of nitrogens with one attached hydrogen (secondary N) is 1. The molecule has 0 heterocycles. The first kappa shape index (κ1) is 25.4. The lowest BCUT2D eigenvalue weighted by molar-refractivity contribution is -0.116. The second-order valence-corrected chi connectivity index (χ2v) is 9.51. The number of benzene rings is 3. The molecule has 1 N–H and O–H groups in total. The summed E-state index contributed by atoms with van der Waals surface area (Å²) in [7, 11) is 0.0946. The Bertz CT molecular complexity index is 1250. The van der Waals surface area contributed by atoms with Crippen molar-refractivity contribution in [2.45, 2.75) is 11.4 Å². The van der Waals surface area contributed by atoms with Crippen LogP contribution >= 0.6 is 11.6 Å². The lowest BCUT2D eigenvalue weighted by Gasteiger charge is -2.23. The van der Waals surface area contributed by atoms with Crippen molar-refractivity contribution in [3.8, 4) is 17.2 Å². The minimum absolute atomic E-state index is 0.0381. The van der Waals surface area contributed by atoms with Gasteiger partial charge in [-0.2, -0.15) is 4.31 Å². The van der Waals surface area contributed by atoms with Gasteiger partial charge in [-0.3, -0.25) is 4.79 Å². The first-order chi connectivity index (χ1) is 16.3. The molecule has 3 rings (SSSR count). The third-order valence-corrected chi connectivity index (χ3v) is 6.99. The zero-order valence-corrected chi connectivity index (χ0v) is 20.5. The lowest BCUT2D eigenvalue weighted by atomic mass is 10.2. The van der Waals surface area contributed by atoms with Gasteiger partial charge in [0.2, 0.25) is 15.9 Å². The van der Waals surface area contributed by atoms with Gasteiger partial charge in [0, 0.05) is 17.6 Å². The molecule has 0 radical (unpaired) electrons. The monoisotopic (exact) mass is 504 g/mol. The van der Waals surface area contributed by atoms with Gasteiger partial charge in [-0.05, 0) is 35.9 Å². The minimum Gasteiger partial charge on any atom is -0.497 e. The fourth-order valence-electron chi connectivity index (χ4n) is 3.27. The number of methoxy groups -OCH3 is 3. The SMILES string of the molecule is COc1ccc(OC)c(S(=O)(=O)N(CC(=O)Nc2cc(Cl)ccc2OC)Cc2ccccc2)c1. The summed E-state index contributed by atoms with van der Waals surface area (Å²) >= 11 is 6.05. The number of carbonyl (C=O) groups excluding carboxylic acids is 1. The van der Waals surface area contributed by atoms with Crippen LogP contribution in [0.15, 0.2) is 71.6 Å². The quantitative estimate of drug-likeness (QED) is 0.445. The van der Waals surface area contributed by atoms with Crippen LogP contribution in [-0.4, -0.2) is 46.5 Å². The van der Waals surface area contributed by atoms with Crippen molar-refractivity contribution >= 4 is 33.2 Å². The average molecular weight is 505 g/mol. The maximum Gasteiger partial charge on any atom is 0.247 e. The Hall–Kier alpha value is -3.27. The number of carbonyl (C=O) groups is 1. The molecule has 0 saturated heterocycles. The molecular formula is C24H25ClN2O6S. The first-order valence-electron chi connectivity index (χ1n) is 10.2. The summed E-state index contributed by atoms with van der Waals surface area (Å²) in [6.45, 7) is -0.503. The second kappa shape index (κ2) is 11.2. The molecule has 1 amide bonds. The number of nitrogens with zero attached hydrogens (tertiary/aromatic N) is 1. The average Bonchev–Trinajstić information content (AvgIpc) is 2.84. The Kier molecular flexibility index (Phi) is 8.38. The van der Waals surface area contributed by atoms with Crippen LogP contribution < -0.4 is 19.5 Å². The van der Waals surface area contributed by atoms with Crippen LogP contribution in [0.2, 0.25) is 5.02 Å². The van der Waals surface area contributed by atoms with Crippen LogP contribution in [-0.2, 0) is 21.4 Å². The molecule has 0 bridgehead atoms. The van der Waals surface area contributed by atoms with E-state index in [0.29, 0.717) is 27.8 Å². The largest absolute Gasteiger partial charge is 0.497 e. The van der Waals surface area contributed by atoms with Crippen molar-refractivity contribution in [1.29, 1.82) is 0 Å². The number of halogens is 1. The van der Waals surface area contributed by atoms with Gasteiger partial charge in [0.1, 0.15) is 22.1 Å². The number of ether oxygens (including phenoxy) is 3. The fourth-order valence-corrected chi connectivity index (χ4v) is 4.99. The molecule has 3 aromatic carbocycles. The molecule has 0 saturated carbocycles. The molecule has 0 spiro atoms. The summed E-state index contributed by atoms with van der Waals surface area (Å²) in [5, 5.41) is 3.08. The number of sulfonamides is 1. The molecule has 34 heavy (non-hydrogen) atoms. The van der Waals surface area contributed by atoms with Crippen LogP contribution in [0.3, 0.4) is 0 Å². The van der Waals surface area contributed by atoms with Gasteiger partial charge in [-0.1, -0.05) is 41.9 Å². The molecule has 3 aromatic rings. The summed E-state index contributed by atoms with van der Waals surface area (Å²) in [5.41, 5.74) is 1.04. The van der Waals surface area contributed by atoms with Crippen molar-refractivity contribution in [3.63, 3.8) is 0 Å². The molecular weight excluding hydrogens is 480 g/mol. The maximum absolute atomic E-state index is 13.7. The van der Waals surface area contributed by atoms with Crippen molar-refractivity contribution in [1.82, 2.24) is 4.31 Å². The zero-order valence-electron chi connectivity index (χ0n) is 18.9. The van der Waals surface area contributed by atoms with E-state index < -0.39 is 22.5 Å². The number of hydrogen-bond acceptors (Lipinski definition) is 6. The van der Waals surface area contributed by atoms with Crippen molar-refractivity contribution in [2.24, 2.45) is 0 Å². The molecule has 0 atom stereocenters. The molecule has 0 aliphatic rings. The van der Waals surface area contributed by atoms with Crippen molar-refractivity contribution < 1.29 is 27.4 Å². The molecule has 0 aliphatic heterocycles. The fraction of sp³-hybridized carbons (Fsp3) is 0.208. The highest BCUT2D eigenvalue weighted by Crippen LogP contribution is 2.32. The van der Waals surface area contributed by atoms with Gasteiger partial charge in [0.25, 0.3) is 0 Å². The summed E-state index contributed by atoms with van der Waals surface area (Å²) in [5.74, 6) is 0.301. The third-order valence-electron chi connectivity index (χ3n) is 4.95. The van der Waals surface area contributed by atoms with E-state index in [9.17, 15) is 13.2 Å². The van der Waals surface area contributed by atoms with E-state index in [2.05, 4.69) is 5.32 Å². The standard InChI is InChI=1S/C24H25ClN2O6S/c1-31-19-10-12-22(33-3)23(14-19)34(29,30)27(15-17-7-5-4-6-8-17)16-24(28)26-20-13-18(25)9-11-21(20)32-2/h4-14H,15-16H2,1-3H3,(H,26,28). The molecule has 0 fully saturated rings. The van der Waals surface area contributed by atoms with E-state index in [1.54, 1.807) is 42.5 Å². The summed E-state index contributed by atoms with van der Waals surface area (Å²) in [4.78, 5) is 12.9. The predicted octanol–water partition coefficient (Wildman–Crippen LogP) is 4.20. The number of amides is 1. The van der Waals surface area contributed by atoms with E-state index in [1.807, 2.05) is 6.07 Å². The smallest absolute Gasteiger partial charge is 0.247 e. The summed E-state index contributed by atoms with van der Waals surface area (Å²) in [6, 6.07) is 18.2. The van der Waals surface area contributed by atoms with Gasteiger partial charge >= 0.3 is 0 Å². The Balaban J connectivity index is 1.97. The Labute approximate surface area is 204 Å². The maximum atomic E-state index is 13.7. The Morgan fingerprint density at radius 3 is 2.24 bits per heavy atom. The minimum atomic E-state index is -4.18. The first-order valence-corrected chi connectivity index (χ1v) is 12.0. The number of anilines is 1. The van der Waals surface area contributed by atoms with Crippen LogP contribution in [0, 0.1) is 0 Å².